The number of hydrogen-bond acceptors (Lipinski definition) is 4. The molecule has 4 nitrogen and oxygen atoms in total. The first-order chi connectivity index (χ1) is 9.92. The third-order valence-electron chi connectivity index (χ3n) is 4.11. The molecule has 3 atom stereocenters. The van der Waals surface area contributed by atoms with E-state index >= 15 is 0 Å². The first-order valence-corrected chi connectivity index (χ1v) is 8.49. The van der Waals surface area contributed by atoms with Gasteiger partial charge in [-0.15, -0.1) is 0 Å². The lowest BCUT2D eigenvalue weighted by molar-refractivity contribution is -0.149. The molecule has 1 N–H and O–H groups in total. The summed E-state index contributed by atoms with van der Waals surface area (Å²) in [4.78, 5) is 14.2. The molecular weight excluding hydrogens is 264 g/mol. The third kappa shape index (κ3) is 7.28. The van der Waals surface area contributed by atoms with Crippen molar-refractivity contribution in [2.24, 2.45) is 11.8 Å². The second kappa shape index (κ2) is 9.42. The average molecular weight is 298 g/mol. The highest BCUT2D eigenvalue weighted by Gasteiger charge is 2.29. The Hall–Kier alpha value is -0.610. The summed E-state index contributed by atoms with van der Waals surface area (Å²) in [6, 6.07) is 0.961. The molecule has 1 rings (SSSR count). The van der Waals surface area contributed by atoms with Crippen molar-refractivity contribution in [1.29, 1.82) is 0 Å². The molecule has 0 spiro atoms. The van der Waals surface area contributed by atoms with Gasteiger partial charge in [0.05, 0.1) is 12.5 Å². The van der Waals surface area contributed by atoms with Crippen LogP contribution in [0.15, 0.2) is 0 Å². The summed E-state index contributed by atoms with van der Waals surface area (Å²) < 4.78 is 5.19. The molecule has 0 amide bonds. The van der Waals surface area contributed by atoms with Gasteiger partial charge in [-0.05, 0) is 52.6 Å². The molecule has 0 saturated heterocycles. The number of nitrogens with zero attached hydrogens (tertiary/aromatic N) is 1. The van der Waals surface area contributed by atoms with E-state index in [-0.39, 0.29) is 11.9 Å². The highest BCUT2D eigenvalue weighted by atomic mass is 16.5. The van der Waals surface area contributed by atoms with Crippen molar-refractivity contribution in [1.82, 2.24) is 10.2 Å². The van der Waals surface area contributed by atoms with Crippen LogP contribution in [0.3, 0.4) is 0 Å². The second-order valence-electron chi connectivity index (χ2n) is 7.07. The highest BCUT2D eigenvalue weighted by molar-refractivity contribution is 5.72. The lowest BCUT2D eigenvalue weighted by Gasteiger charge is -2.33. The van der Waals surface area contributed by atoms with E-state index in [2.05, 4.69) is 38.2 Å². The van der Waals surface area contributed by atoms with Gasteiger partial charge in [0, 0.05) is 18.6 Å². The average Bonchev–Trinajstić information content (AvgIpc) is 2.37. The van der Waals surface area contributed by atoms with E-state index in [0.717, 1.165) is 25.8 Å². The Kier molecular flexibility index (Phi) is 8.27. The standard InChI is InChI=1S/C17H34N2O2/c1-6-21-17(20)14-8-7-9-15(11-14)18-16(10-13(2)3)12-19(4)5/h13-16,18H,6-12H2,1-5H3. The zero-order valence-corrected chi connectivity index (χ0v) is 14.5. The molecule has 0 heterocycles. The van der Waals surface area contributed by atoms with Gasteiger partial charge in [0.1, 0.15) is 0 Å². The second-order valence-corrected chi connectivity index (χ2v) is 7.07. The van der Waals surface area contributed by atoms with Gasteiger partial charge in [-0.25, -0.2) is 0 Å². The summed E-state index contributed by atoms with van der Waals surface area (Å²) in [5, 5.41) is 3.80. The number of likely N-dealkylation sites (N-methyl/N-ethyl adjacent to an activating group) is 1. The monoisotopic (exact) mass is 298 g/mol. The van der Waals surface area contributed by atoms with Crippen molar-refractivity contribution in [3.05, 3.63) is 0 Å². The van der Waals surface area contributed by atoms with E-state index in [1.54, 1.807) is 0 Å². The zero-order valence-electron chi connectivity index (χ0n) is 14.5. The molecule has 124 valence electrons. The minimum atomic E-state index is -0.00276. The van der Waals surface area contributed by atoms with Crippen LogP contribution in [-0.4, -0.2) is 50.2 Å². The van der Waals surface area contributed by atoms with Crippen LogP contribution < -0.4 is 5.32 Å². The molecule has 0 bridgehead atoms. The van der Waals surface area contributed by atoms with Gasteiger partial charge in [0.2, 0.25) is 0 Å². The molecule has 1 saturated carbocycles. The number of esters is 1. The lowest BCUT2D eigenvalue weighted by atomic mass is 9.85. The van der Waals surface area contributed by atoms with Crippen molar-refractivity contribution in [3.63, 3.8) is 0 Å². The number of ether oxygens (including phenoxy) is 1. The molecule has 0 radical (unpaired) electrons. The van der Waals surface area contributed by atoms with Gasteiger partial charge in [0.25, 0.3) is 0 Å². The molecule has 1 aliphatic carbocycles. The van der Waals surface area contributed by atoms with E-state index in [0.29, 0.717) is 24.6 Å². The van der Waals surface area contributed by atoms with Crippen molar-refractivity contribution in [2.75, 3.05) is 27.2 Å². The SMILES string of the molecule is CCOC(=O)C1CCCC(NC(CC(C)C)CN(C)C)C1. The maximum absolute atomic E-state index is 11.9. The third-order valence-corrected chi connectivity index (χ3v) is 4.11. The van der Waals surface area contributed by atoms with Crippen molar-refractivity contribution < 1.29 is 9.53 Å². The fourth-order valence-corrected chi connectivity index (χ4v) is 3.35. The molecule has 1 fully saturated rings. The maximum Gasteiger partial charge on any atom is 0.308 e. The van der Waals surface area contributed by atoms with Crippen molar-refractivity contribution >= 4 is 5.97 Å². The summed E-state index contributed by atoms with van der Waals surface area (Å²) in [6.07, 6.45) is 5.40. The molecule has 0 aromatic carbocycles. The summed E-state index contributed by atoms with van der Waals surface area (Å²) in [5.74, 6) is 0.777. The number of rotatable bonds is 8. The molecular formula is C17H34N2O2. The molecule has 0 aliphatic heterocycles. The van der Waals surface area contributed by atoms with Gasteiger partial charge >= 0.3 is 5.97 Å². The molecule has 4 heteroatoms. The lowest BCUT2D eigenvalue weighted by Crippen LogP contribution is -2.47. The molecule has 21 heavy (non-hydrogen) atoms. The van der Waals surface area contributed by atoms with Crippen LogP contribution in [0.1, 0.15) is 52.9 Å². The van der Waals surface area contributed by atoms with Crippen molar-refractivity contribution in [3.8, 4) is 0 Å². The molecule has 0 aromatic rings. The normalized spacial score (nSPS) is 24.3. The number of carbonyl (C=O) groups is 1. The Morgan fingerprint density at radius 2 is 2.05 bits per heavy atom. The predicted molar refractivity (Wildman–Crippen MR) is 87.3 cm³/mol. The maximum atomic E-state index is 11.9. The first-order valence-electron chi connectivity index (χ1n) is 8.49. The topological polar surface area (TPSA) is 41.6 Å². The number of hydrogen-bond donors (Lipinski definition) is 1. The van der Waals surface area contributed by atoms with Gasteiger partial charge in [0.15, 0.2) is 0 Å². The summed E-state index contributed by atoms with van der Waals surface area (Å²) in [6.45, 7) is 7.97. The minimum absolute atomic E-state index is 0.00276. The Labute approximate surface area is 130 Å². The minimum Gasteiger partial charge on any atom is -0.466 e. The first kappa shape index (κ1) is 18.4. The van der Waals surface area contributed by atoms with Crippen LogP contribution in [0.25, 0.3) is 0 Å². The van der Waals surface area contributed by atoms with E-state index < -0.39 is 0 Å². The van der Waals surface area contributed by atoms with Crippen LogP contribution in [0.5, 0.6) is 0 Å². The Morgan fingerprint density at radius 3 is 2.62 bits per heavy atom. The molecule has 0 aromatic heterocycles. The highest BCUT2D eigenvalue weighted by Crippen LogP contribution is 2.26. The number of nitrogens with one attached hydrogen (secondary N) is 1. The molecule has 1 aliphatic rings. The largest absolute Gasteiger partial charge is 0.466 e. The predicted octanol–water partition coefficient (Wildman–Crippen LogP) is 2.67. The Morgan fingerprint density at radius 1 is 1.33 bits per heavy atom. The quantitative estimate of drug-likeness (QED) is 0.700. The van der Waals surface area contributed by atoms with Crippen LogP contribution in [0.2, 0.25) is 0 Å². The summed E-state index contributed by atoms with van der Waals surface area (Å²) in [7, 11) is 4.24. The smallest absolute Gasteiger partial charge is 0.308 e. The van der Waals surface area contributed by atoms with Gasteiger partial charge in [-0.3, -0.25) is 4.79 Å². The zero-order chi connectivity index (χ0) is 15.8. The van der Waals surface area contributed by atoms with Gasteiger partial charge in [-0.2, -0.15) is 0 Å². The van der Waals surface area contributed by atoms with Gasteiger partial charge < -0.3 is 15.0 Å². The van der Waals surface area contributed by atoms with E-state index in [1.807, 2.05) is 6.92 Å². The Balaban J connectivity index is 2.51. The van der Waals surface area contributed by atoms with Crippen LogP contribution in [0.4, 0.5) is 0 Å². The van der Waals surface area contributed by atoms with Gasteiger partial charge in [-0.1, -0.05) is 20.3 Å². The Bertz CT molecular complexity index is 295. The fourth-order valence-electron chi connectivity index (χ4n) is 3.35. The van der Waals surface area contributed by atoms with E-state index in [4.69, 9.17) is 4.74 Å². The summed E-state index contributed by atoms with van der Waals surface area (Å²) >= 11 is 0. The fraction of sp³-hybridized carbons (Fsp3) is 0.941. The number of carbonyl (C=O) groups excluding carboxylic acids is 1. The molecule has 3 unspecified atom stereocenters. The van der Waals surface area contributed by atoms with Crippen LogP contribution in [-0.2, 0) is 9.53 Å². The summed E-state index contributed by atoms with van der Waals surface area (Å²) in [5.41, 5.74) is 0. The van der Waals surface area contributed by atoms with E-state index in [1.165, 1.54) is 12.8 Å². The van der Waals surface area contributed by atoms with Crippen LogP contribution >= 0.6 is 0 Å². The van der Waals surface area contributed by atoms with Crippen LogP contribution in [0, 0.1) is 11.8 Å². The van der Waals surface area contributed by atoms with Crippen molar-refractivity contribution in [2.45, 2.75) is 65.0 Å². The van der Waals surface area contributed by atoms with E-state index in [9.17, 15) is 4.79 Å².